The summed E-state index contributed by atoms with van der Waals surface area (Å²) in [6.07, 6.45) is 0.434. The number of hydrogen-bond acceptors (Lipinski definition) is 3. The molecule has 1 heterocycles. The van der Waals surface area contributed by atoms with Gasteiger partial charge in [0.05, 0.1) is 12.5 Å². The Hall–Kier alpha value is -2.66. The molecule has 1 atom stereocenters. The first kappa shape index (κ1) is 20.1. The lowest BCUT2D eigenvalue weighted by Crippen LogP contribution is -2.54. The van der Waals surface area contributed by atoms with Gasteiger partial charge in [-0.15, -0.1) is 0 Å². The quantitative estimate of drug-likeness (QED) is 0.869. The smallest absolute Gasteiger partial charge is 0.241 e. The normalized spacial score (nSPS) is 15.9. The molecule has 28 heavy (non-hydrogen) atoms. The summed E-state index contributed by atoms with van der Waals surface area (Å²) >= 11 is 0. The summed E-state index contributed by atoms with van der Waals surface area (Å²) < 4.78 is 0. The number of aryl methyl sites for hydroxylation is 2. The first-order valence-corrected chi connectivity index (χ1v) is 9.87. The first-order chi connectivity index (χ1) is 13.4. The zero-order valence-electron chi connectivity index (χ0n) is 16.9. The lowest BCUT2D eigenvalue weighted by molar-refractivity contribution is -0.133. The molecule has 0 aromatic heterocycles. The van der Waals surface area contributed by atoms with E-state index in [-0.39, 0.29) is 17.9 Å². The molecule has 0 spiro atoms. The van der Waals surface area contributed by atoms with Gasteiger partial charge in [-0.3, -0.25) is 14.5 Å². The number of piperazine rings is 1. The van der Waals surface area contributed by atoms with Gasteiger partial charge in [-0.2, -0.15) is 0 Å². The third-order valence-corrected chi connectivity index (χ3v) is 5.36. The molecule has 2 aromatic carbocycles. The van der Waals surface area contributed by atoms with Crippen LogP contribution in [0.2, 0.25) is 0 Å². The van der Waals surface area contributed by atoms with Crippen LogP contribution in [-0.4, -0.2) is 53.8 Å². The summed E-state index contributed by atoms with van der Waals surface area (Å²) in [4.78, 5) is 29.2. The summed E-state index contributed by atoms with van der Waals surface area (Å²) in [5.74, 6) is 0.144. The molecule has 2 amide bonds. The highest BCUT2D eigenvalue weighted by atomic mass is 16.2. The Labute approximate surface area is 167 Å². The van der Waals surface area contributed by atoms with Gasteiger partial charge < -0.3 is 10.2 Å². The van der Waals surface area contributed by atoms with Crippen LogP contribution in [0.25, 0.3) is 0 Å². The fourth-order valence-electron chi connectivity index (χ4n) is 3.49. The van der Waals surface area contributed by atoms with E-state index in [1.807, 2.05) is 74.2 Å². The van der Waals surface area contributed by atoms with Crippen molar-refractivity contribution in [3.63, 3.8) is 0 Å². The van der Waals surface area contributed by atoms with Gasteiger partial charge in [-0.1, -0.05) is 42.0 Å². The van der Waals surface area contributed by atoms with Crippen LogP contribution in [0.4, 0.5) is 5.69 Å². The van der Waals surface area contributed by atoms with Gasteiger partial charge in [-0.25, -0.2) is 0 Å². The van der Waals surface area contributed by atoms with Crippen LogP contribution < -0.4 is 5.32 Å². The van der Waals surface area contributed by atoms with E-state index in [0.717, 1.165) is 16.8 Å². The van der Waals surface area contributed by atoms with Crippen LogP contribution in [-0.2, 0) is 16.0 Å². The van der Waals surface area contributed by atoms with Crippen molar-refractivity contribution in [2.45, 2.75) is 33.2 Å². The maximum Gasteiger partial charge on any atom is 0.241 e. The number of carbonyl (C=O) groups excluding carboxylic acids is 2. The average molecular weight is 380 g/mol. The van der Waals surface area contributed by atoms with E-state index in [1.54, 1.807) is 0 Å². The molecule has 1 aliphatic rings. The molecule has 0 saturated carbocycles. The Balaban J connectivity index is 1.49. The number of nitrogens with one attached hydrogen (secondary N) is 1. The molecule has 1 aliphatic heterocycles. The Bertz CT molecular complexity index is 824. The van der Waals surface area contributed by atoms with Crippen LogP contribution in [0.1, 0.15) is 23.6 Å². The summed E-state index contributed by atoms with van der Waals surface area (Å²) in [6, 6.07) is 15.7. The van der Waals surface area contributed by atoms with Gasteiger partial charge in [0.2, 0.25) is 11.8 Å². The van der Waals surface area contributed by atoms with E-state index in [2.05, 4.69) is 10.2 Å². The van der Waals surface area contributed by atoms with Crippen LogP contribution >= 0.6 is 0 Å². The summed E-state index contributed by atoms with van der Waals surface area (Å²) in [5, 5.41) is 2.99. The second-order valence-electron chi connectivity index (χ2n) is 7.61. The largest absolute Gasteiger partial charge is 0.340 e. The van der Waals surface area contributed by atoms with Crippen LogP contribution in [0.15, 0.2) is 48.5 Å². The molecule has 2 aromatic rings. The number of nitrogens with zero attached hydrogens (tertiary/aromatic N) is 2. The molecule has 5 heteroatoms. The lowest BCUT2D eigenvalue weighted by atomic mass is 10.1. The number of carbonyl (C=O) groups is 2. The zero-order chi connectivity index (χ0) is 20.1. The Kier molecular flexibility index (Phi) is 6.47. The van der Waals surface area contributed by atoms with Gasteiger partial charge in [-0.05, 0) is 44.0 Å². The molecular weight excluding hydrogens is 350 g/mol. The number of benzene rings is 2. The maximum atomic E-state index is 12.6. The van der Waals surface area contributed by atoms with Crippen molar-refractivity contribution in [1.82, 2.24) is 9.80 Å². The maximum absolute atomic E-state index is 12.6. The van der Waals surface area contributed by atoms with E-state index in [1.165, 1.54) is 5.56 Å². The average Bonchev–Trinajstić information content (AvgIpc) is 2.69. The van der Waals surface area contributed by atoms with E-state index in [9.17, 15) is 9.59 Å². The molecule has 5 nitrogen and oxygen atoms in total. The van der Waals surface area contributed by atoms with Gasteiger partial charge in [0, 0.05) is 31.9 Å². The van der Waals surface area contributed by atoms with E-state index >= 15 is 0 Å². The minimum Gasteiger partial charge on any atom is -0.340 e. The highest BCUT2D eigenvalue weighted by Crippen LogP contribution is 2.13. The van der Waals surface area contributed by atoms with Crippen molar-refractivity contribution in [1.29, 1.82) is 0 Å². The second kappa shape index (κ2) is 9.02. The standard InChI is InChI=1S/C23H29N3O2/c1-17-7-9-20(10-8-17)16-22(27)26-13-11-25(12-14-26)19(3)23(28)24-21-6-4-5-18(2)15-21/h4-10,15,19H,11-14,16H2,1-3H3,(H,24,28). The van der Waals surface area contributed by atoms with Crippen molar-refractivity contribution >= 4 is 17.5 Å². The first-order valence-electron chi connectivity index (χ1n) is 9.87. The minimum absolute atomic E-state index is 0.00923. The highest BCUT2D eigenvalue weighted by Gasteiger charge is 2.27. The number of rotatable bonds is 5. The molecule has 1 fully saturated rings. The van der Waals surface area contributed by atoms with E-state index in [0.29, 0.717) is 32.6 Å². The minimum atomic E-state index is -0.227. The summed E-state index contributed by atoms with van der Waals surface area (Å²) in [5.41, 5.74) is 4.18. The molecule has 0 radical (unpaired) electrons. The predicted octanol–water partition coefficient (Wildman–Crippen LogP) is 3.02. The topological polar surface area (TPSA) is 52.7 Å². The van der Waals surface area contributed by atoms with E-state index in [4.69, 9.17) is 0 Å². The Morgan fingerprint density at radius 2 is 1.64 bits per heavy atom. The molecule has 1 saturated heterocycles. The number of amides is 2. The van der Waals surface area contributed by atoms with Crippen LogP contribution in [0, 0.1) is 13.8 Å². The third kappa shape index (κ3) is 5.20. The SMILES string of the molecule is Cc1ccc(CC(=O)N2CCN(C(C)C(=O)Nc3cccc(C)c3)CC2)cc1. The van der Waals surface area contributed by atoms with Crippen molar-refractivity contribution in [3.05, 3.63) is 65.2 Å². The molecule has 3 rings (SSSR count). The van der Waals surface area contributed by atoms with Crippen LogP contribution in [0.5, 0.6) is 0 Å². The van der Waals surface area contributed by atoms with Gasteiger partial charge >= 0.3 is 0 Å². The fourth-order valence-corrected chi connectivity index (χ4v) is 3.49. The third-order valence-electron chi connectivity index (χ3n) is 5.36. The molecule has 148 valence electrons. The number of hydrogen-bond donors (Lipinski definition) is 1. The van der Waals surface area contributed by atoms with Gasteiger partial charge in [0.25, 0.3) is 0 Å². The van der Waals surface area contributed by atoms with Crippen LogP contribution in [0.3, 0.4) is 0 Å². The molecular formula is C23H29N3O2. The molecule has 1 N–H and O–H groups in total. The fraction of sp³-hybridized carbons (Fsp3) is 0.391. The van der Waals surface area contributed by atoms with Crippen molar-refractivity contribution in [3.8, 4) is 0 Å². The van der Waals surface area contributed by atoms with Crippen molar-refractivity contribution in [2.75, 3.05) is 31.5 Å². The monoisotopic (exact) mass is 379 g/mol. The number of anilines is 1. The molecule has 1 unspecified atom stereocenters. The summed E-state index contributed by atoms with van der Waals surface area (Å²) in [7, 11) is 0. The van der Waals surface area contributed by atoms with Crippen molar-refractivity contribution < 1.29 is 9.59 Å². The highest BCUT2D eigenvalue weighted by molar-refractivity contribution is 5.94. The van der Waals surface area contributed by atoms with E-state index < -0.39 is 0 Å². The Morgan fingerprint density at radius 3 is 2.29 bits per heavy atom. The predicted molar refractivity (Wildman–Crippen MR) is 112 cm³/mol. The van der Waals surface area contributed by atoms with Crippen molar-refractivity contribution in [2.24, 2.45) is 0 Å². The lowest BCUT2D eigenvalue weighted by Gasteiger charge is -2.37. The van der Waals surface area contributed by atoms with Gasteiger partial charge in [0.1, 0.15) is 0 Å². The summed E-state index contributed by atoms with van der Waals surface area (Å²) in [6.45, 7) is 8.71. The molecule has 0 bridgehead atoms. The zero-order valence-corrected chi connectivity index (χ0v) is 16.9. The molecule has 0 aliphatic carbocycles. The Morgan fingerprint density at radius 1 is 0.964 bits per heavy atom. The van der Waals surface area contributed by atoms with Gasteiger partial charge in [0.15, 0.2) is 0 Å². The second-order valence-corrected chi connectivity index (χ2v) is 7.61.